The fourth-order valence-electron chi connectivity index (χ4n) is 1.44. The van der Waals surface area contributed by atoms with Crippen molar-refractivity contribution in [2.75, 3.05) is 6.61 Å². The number of rotatable bonds is 2. The summed E-state index contributed by atoms with van der Waals surface area (Å²) in [6.07, 6.45) is 3.71. The number of fused-ring (bicyclic) bond motifs is 1. The van der Waals surface area contributed by atoms with E-state index in [1.165, 1.54) is 4.68 Å². The number of carbonyl (C=O) groups excluding carboxylic acids is 1. The molecule has 0 radical (unpaired) electrons. The highest BCUT2D eigenvalue weighted by molar-refractivity contribution is 5.73. The standard InChI is InChI=1S/C8H11N3O2/c9-7(12)5-11-8-6(4-10-11)2-1-3-13-8/h4H,1-3,5H2,(H2,9,12). The van der Waals surface area contributed by atoms with Crippen molar-refractivity contribution in [2.45, 2.75) is 19.4 Å². The van der Waals surface area contributed by atoms with Gasteiger partial charge < -0.3 is 10.5 Å². The lowest BCUT2D eigenvalue weighted by Gasteiger charge is -2.14. The number of aromatic nitrogens is 2. The zero-order chi connectivity index (χ0) is 9.26. The van der Waals surface area contributed by atoms with Crippen molar-refractivity contribution < 1.29 is 9.53 Å². The van der Waals surface area contributed by atoms with E-state index in [1.54, 1.807) is 6.20 Å². The van der Waals surface area contributed by atoms with Gasteiger partial charge in [-0.25, -0.2) is 4.68 Å². The van der Waals surface area contributed by atoms with Gasteiger partial charge >= 0.3 is 0 Å². The first-order valence-corrected chi connectivity index (χ1v) is 4.23. The number of primary amides is 1. The molecule has 0 saturated carbocycles. The molecule has 0 aliphatic carbocycles. The van der Waals surface area contributed by atoms with Crippen LogP contribution >= 0.6 is 0 Å². The summed E-state index contributed by atoms with van der Waals surface area (Å²) in [5.41, 5.74) is 6.12. The Balaban J connectivity index is 2.26. The number of amides is 1. The highest BCUT2D eigenvalue weighted by Gasteiger charge is 2.16. The lowest BCUT2D eigenvalue weighted by molar-refractivity contribution is -0.118. The third-order valence-corrected chi connectivity index (χ3v) is 2.00. The van der Waals surface area contributed by atoms with Crippen molar-refractivity contribution in [1.82, 2.24) is 9.78 Å². The molecule has 2 rings (SSSR count). The summed E-state index contributed by atoms with van der Waals surface area (Å²) < 4.78 is 6.90. The summed E-state index contributed by atoms with van der Waals surface area (Å²) in [7, 11) is 0. The molecule has 2 heterocycles. The van der Waals surface area contributed by atoms with Gasteiger partial charge in [0.1, 0.15) is 6.54 Å². The lowest BCUT2D eigenvalue weighted by atomic mass is 10.2. The van der Waals surface area contributed by atoms with Gasteiger partial charge in [0.05, 0.1) is 12.8 Å². The van der Waals surface area contributed by atoms with Crippen molar-refractivity contribution in [3.63, 3.8) is 0 Å². The van der Waals surface area contributed by atoms with Crippen molar-refractivity contribution in [1.29, 1.82) is 0 Å². The zero-order valence-corrected chi connectivity index (χ0v) is 7.19. The molecule has 0 fully saturated rings. The molecule has 13 heavy (non-hydrogen) atoms. The van der Waals surface area contributed by atoms with Crippen molar-refractivity contribution in [2.24, 2.45) is 5.73 Å². The average molecular weight is 181 g/mol. The van der Waals surface area contributed by atoms with Gasteiger partial charge in [0.15, 0.2) is 0 Å². The molecule has 1 aromatic rings. The van der Waals surface area contributed by atoms with Crippen LogP contribution in [0.4, 0.5) is 0 Å². The minimum atomic E-state index is -0.403. The number of hydrogen-bond donors (Lipinski definition) is 1. The quantitative estimate of drug-likeness (QED) is 0.680. The van der Waals surface area contributed by atoms with Gasteiger partial charge in [0.2, 0.25) is 11.8 Å². The van der Waals surface area contributed by atoms with Gasteiger partial charge in [-0.3, -0.25) is 4.79 Å². The zero-order valence-electron chi connectivity index (χ0n) is 7.19. The molecule has 1 amide bonds. The summed E-state index contributed by atoms with van der Waals surface area (Å²) in [4.78, 5) is 10.7. The normalized spacial score (nSPS) is 14.8. The molecular formula is C8H11N3O2. The first-order valence-electron chi connectivity index (χ1n) is 4.23. The molecule has 1 aliphatic heterocycles. The minimum Gasteiger partial charge on any atom is -0.478 e. The fourth-order valence-corrected chi connectivity index (χ4v) is 1.44. The van der Waals surface area contributed by atoms with Crippen LogP contribution in [0.2, 0.25) is 0 Å². The molecule has 1 aromatic heterocycles. The van der Waals surface area contributed by atoms with E-state index >= 15 is 0 Å². The molecule has 5 heteroatoms. The van der Waals surface area contributed by atoms with Gasteiger partial charge in [-0.05, 0) is 12.8 Å². The van der Waals surface area contributed by atoms with Gasteiger partial charge in [-0.15, -0.1) is 0 Å². The number of nitrogens with two attached hydrogens (primary N) is 1. The van der Waals surface area contributed by atoms with Crippen LogP contribution < -0.4 is 10.5 Å². The second-order valence-electron chi connectivity index (χ2n) is 3.05. The van der Waals surface area contributed by atoms with Crippen molar-refractivity contribution in [3.05, 3.63) is 11.8 Å². The van der Waals surface area contributed by atoms with Gasteiger partial charge in [-0.2, -0.15) is 5.10 Å². The molecule has 70 valence electrons. The maximum absolute atomic E-state index is 10.7. The summed E-state index contributed by atoms with van der Waals surface area (Å²) in [5, 5.41) is 4.03. The van der Waals surface area contributed by atoms with Crippen LogP contribution in [-0.4, -0.2) is 22.3 Å². The van der Waals surface area contributed by atoms with Crippen LogP contribution in [0.25, 0.3) is 0 Å². The maximum Gasteiger partial charge on any atom is 0.239 e. The molecule has 0 aromatic carbocycles. The monoisotopic (exact) mass is 181 g/mol. The van der Waals surface area contributed by atoms with E-state index in [1.807, 2.05) is 0 Å². The number of ether oxygens (including phenoxy) is 1. The second-order valence-corrected chi connectivity index (χ2v) is 3.05. The van der Waals surface area contributed by atoms with Gasteiger partial charge in [-0.1, -0.05) is 0 Å². The van der Waals surface area contributed by atoms with E-state index < -0.39 is 5.91 Å². The molecule has 0 unspecified atom stereocenters. The van der Waals surface area contributed by atoms with E-state index in [0.717, 1.165) is 18.4 Å². The molecule has 2 N–H and O–H groups in total. The predicted octanol–water partition coefficient (Wildman–Crippen LogP) is -0.307. The van der Waals surface area contributed by atoms with E-state index in [0.29, 0.717) is 12.5 Å². The summed E-state index contributed by atoms with van der Waals surface area (Å²) in [6, 6.07) is 0. The smallest absolute Gasteiger partial charge is 0.239 e. The Bertz CT molecular complexity index is 332. The van der Waals surface area contributed by atoms with E-state index in [2.05, 4.69) is 5.10 Å². The van der Waals surface area contributed by atoms with E-state index in [-0.39, 0.29) is 6.54 Å². The lowest BCUT2D eigenvalue weighted by Crippen LogP contribution is -2.21. The minimum absolute atomic E-state index is 0.0926. The molecule has 0 bridgehead atoms. The number of aryl methyl sites for hydroxylation is 1. The second kappa shape index (κ2) is 3.08. The number of hydrogen-bond acceptors (Lipinski definition) is 3. The largest absolute Gasteiger partial charge is 0.478 e. The third-order valence-electron chi connectivity index (χ3n) is 2.00. The maximum atomic E-state index is 10.7. The first kappa shape index (κ1) is 8.10. The van der Waals surface area contributed by atoms with Gasteiger partial charge in [0, 0.05) is 5.56 Å². The average Bonchev–Trinajstić information content (AvgIpc) is 2.48. The first-order chi connectivity index (χ1) is 6.27. The Hall–Kier alpha value is -1.52. The predicted molar refractivity (Wildman–Crippen MR) is 45.2 cm³/mol. The Kier molecular flexibility index (Phi) is 1.92. The topological polar surface area (TPSA) is 70.1 Å². The highest BCUT2D eigenvalue weighted by Crippen LogP contribution is 2.23. The van der Waals surface area contributed by atoms with E-state index in [9.17, 15) is 4.79 Å². The molecule has 0 atom stereocenters. The Labute approximate surface area is 75.5 Å². The van der Waals surface area contributed by atoms with Crippen LogP contribution in [0.5, 0.6) is 5.88 Å². The summed E-state index contributed by atoms with van der Waals surface area (Å²) >= 11 is 0. The number of carbonyl (C=O) groups is 1. The highest BCUT2D eigenvalue weighted by atomic mass is 16.5. The molecule has 0 spiro atoms. The molecule has 1 aliphatic rings. The van der Waals surface area contributed by atoms with Crippen LogP contribution in [-0.2, 0) is 17.8 Å². The van der Waals surface area contributed by atoms with Crippen LogP contribution in [0.3, 0.4) is 0 Å². The van der Waals surface area contributed by atoms with E-state index in [4.69, 9.17) is 10.5 Å². The Morgan fingerprint density at radius 1 is 1.77 bits per heavy atom. The summed E-state index contributed by atoms with van der Waals surface area (Å²) in [5.74, 6) is 0.296. The van der Waals surface area contributed by atoms with Gasteiger partial charge in [0.25, 0.3) is 0 Å². The van der Waals surface area contributed by atoms with Crippen LogP contribution in [0.1, 0.15) is 12.0 Å². The van der Waals surface area contributed by atoms with Crippen LogP contribution in [0.15, 0.2) is 6.20 Å². The van der Waals surface area contributed by atoms with Crippen molar-refractivity contribution in [3.8, 4) is 5.88 Å². The summed E-state index contributed by atoms with van der Waals surface area (Å²) in [6.45, 7) is 0.785. The number of nitrogens with zero attached hydrogens (tertiary/aromatic N) is 2. The molecule has 5 nitrogen and oxygen atoms in total. The van der Waals surface area contributed by atoms with Crippen LogP contribution in [0, 0.1) is 0 Å². The van der Waals surface area contributed by atoms with Crippen molar-refractivity contribution >= 4 is 5.91 Å². The Morgan fingerprint density at radius 3 is 3.38 bits per heavy atom. The third kappa shape index (κ3) is 1.49. The Morgan fingerprint density at radius 2 is 2.62 bits per heavy atom. The fraction of sp³-hybridized carbons (Fsp3) is 0.500. The SMILES string of the molecule is NC(=O)Cn1ncc2c1OCCC2. The molecular weight excluding hydrogens is 170 g/mol. The molecule has 0 saturated heterocycles.